The van der Waals surface area contributed by atoms with Crippen LogP contribution in [0.25, 0.3) is 11.3 Å². The summed E-state index contributed by atoms with van der Waals surface area (Å²) in [6.07, 6.45) is -0.614. The Labute approximate surface area is 219 Å². The number of ether oxygens (including phenoxy) is 1. The number of halogens is 1. The molecule has 0 bridgehead atoms. The van der Waals surface area contributed by atoms with Gasteiger partial charge in [-0.1, -0.05) is 69.7 Å². The van der Waals surface area contributed by atoms with E-state index in [1.165, 1.54) is 17.3 Å². The first-order chi connectivity index (χ1) is 17.4. The van der Waals surface area contributed by atoms with Gasteiger partial charge in [-0.15, -0.1) is 0 Å². The molecule has 4 aromatic rings. The molecule has 0 spiro atoms. The Morgan fingerprint density at radius 2 is 1.94 bits per heavy atom. The summed E-state index contributed by atoms with van der Waals surface area (Å²) in [5, 5.41) is 17.9. The number of thioether (sulfide) groups is 1. The van der Waals surface area contributed by atoms with E-state index in [0.29, 0.717) is 27.9 Å². The van der Waals surface area contributed by atoms with Gasteiger partial charge in [-0.25, -0.2) is 4.79 Å². The summed E-state index contributed by atoms with van der Waals surface area (Å²) in [5.41, 5.74) is 4.56. The summed E-state index contributed by atoms with van der Waals surface area (Å²) < 4.78 is 8.02. The number of nitrogens with one attached hydrogen (secondary N) is 2. The van der Waals surface area contributed by atoms with Crippen molar-refractivity contribution in [2.24, 2.45) is 0 Å². The summed E-state index contributed by atoms with van der Waals surface area (Å²) in [6.45, 7) is 1.55. The number of aryl methyl sites for hydroxylation is 1. The van der Waals surface area contributed by atoms with Crippen LogP contribution >= 0.6 is 27.7 Å². The van der Waals surface area contributed by atoms with Gasteiger partial charge in [0.25, 0.3) is 6.17 Å². The molecule has 1 aromatic heterocycles. The molecule has 3 aromatic carbocycles. The maximum atomic E-state index is 13.4. The highest BCUT2D eigenvalue weighted by Gasteiger charge is 2.39. The third-order valence-electron chi connectivity index (χ3n) is 5.70. The average molecular weight is 566 g/mol. The number of nitrogens with zero attached hydrogens (tertiary/aromatic N) is 2. The van der Waals surface area contributed by atoms with E-state index in [9.17, 15) is 9.59 Å². The first-order valence-electron chi connectivity index (χ1n) is 11.1. The molecule has 0 saturated carbocycles. The van der Waals surface area contributed by atoms with E-state index in [1.807, 2.05) is 37.3 Å². The van der Waals surface area contributed by atoms with Crippen molar-refractivity contribution in [2.45, 2.75) is 24.0 Å². The number of benzene rings is 3. The SMILES string of the molecule is Cc1ccc(CSc2n[n+]3c(c(=O)[nH]2)-c2ccccc2N[C@H]3c2cc(Br)ccc2OCC(=O)O)cc1. The predicted octanol–water partition coefficient (Wildman–Crippen LogP) is 4.52. The number of carboxylic acid groups (broad SMARTS) is 1. The summed E-state index contributed by atoms with van der Waals surface area (Å²) in [5.74, 6) is -0.0590. The Kier molecular flexibility index (Phi) is 6.80. The third kappa shape index (κ3) is 5.00. The fourth-order valence-corrected chi connectivity index (χ4v) is 5.19. The van der Waals surface area contributed by atoms with Crippen LogP contribution in [0.1, 0.15) is 22.9 Å². The highest BCUT2D eigenvalue weighted by molar-refractivity contribution is 9.10. The lowest BCUT2D eigenvalue weighted by Crippen LogP contribution is -2.55. The minimum absolute atomic E-state index is 0.265. The molecule has 0 unspecified atom stereocenters. The number of anilines is 1. The van der Waals surface area contributed by atoms with E-state index in [4.69, 9.17) is 14.9 Å². The van der Waals surface area contributed by atoms with Crippen LogP contribution in [-0.2, 0) is 10.5 Å². The van der Waals surface area contributed by atoms with Gasteiger partial charge in [0.2, 0.25) is 5.16 Å². The molecule has 182 valence electrons. The number of hydrogen-bond donors (Lipinski definition) is 3. The predicted molar refractivity (Wildman–Crippen MR) is 140 cm³/mol. The van der Waals surface area contributed by atoms with E-state index in [1.54, 1.807) is 16.8 Å². The summed E-state index contributed by atoms with van der Waals surface area (Å²) >= 11 is 4.93. The van der Waals surface area contributed by atoms with Crippen LogP contribution in [0.2, 0.25) is 0 Å². The number of H-pyrrole nitrogens is 1. The number of rotatable bonds is 7. The molecule has 36 heavy (non-hydrogen) atoms. The number of aromatic amines is 1. The Hall–Kier alpha value is -3.63. The highest BCUT2D eigenvalue weighted by atomic mass is 79.9. The molecule has 0 saturated heterocycles. The lowest BCUT2D eigenvalue weighted by molar-refractivity contribution is -0.759. The van der Waals surface area contributed by atoms with E-state index >= 15 is 0 Å². The zero-order valence-electron chi connectivity index (χ0n) is 19.2. The number of carboxylic acids is 1. The van der Waals surface area contributed by atoms with Crippen LogP contribution in [0.3, 0.4) is 0 Å². The molecule has 0 amide bonds. The molecule has 1 aliphatic rings. The van der Waals surface area contributed by atoms with Crippen LogP contribution in [0.15, 0.2) is 81.2 Å². The summed E-state index contributed by atoms with van der Waals surface area (Å²) in [7, 11) is 0. The molecular weight excluding hydrogens is 544 g/mol. The topological polar surface area (TPSA) is 108 Å². The van der Waals surface area contributed by atoms with Crippen LogP contribution in [0.5, 0.6) is 5.75 Å². The molecule has 3 N–H and O–H groups in total. The monoisotopic (exact) mass is 565 g/mol. The molecule has 0 radical (unpaired) electrons. The van der Waals surface area contributed by atoms with Gasteiger partial charge in [0.05, 0.1) is 16.8 Å². The number of fused-ring (bicyclic) bond motifs is 3. The number of aliphatic carboxylic acids is 1. The molecule has 1 atom stereocenters. The zero-order valence-corrected chi connectivity index (χ0v) is 21.6. The lowest BCUT2D eigenvalue weighted by atomic mass is 10.0. The van der Waals surface area contributed by atoms with E-state index < -0.39 is 18.7 Å². The molecule has 5 rings (SSSR count). The lowest BCUT2D eigenvalue weighted by Gasteiger charge is -2.23. The van der Waals surface area contributed by atoms with E-state index in [0.717, 1.165) is 21.3 Å². The van der Waals surface area contributed by atoms with Gasteiger partial charge < -0.3 is 15.2 Å². The van der Waals surface area contributed by atoms with Crippen LogP contribution < -0.4 is 20.3 Å². The Balaban J connectivity index is 1.59. The van der Waals surface area contributed by atoms with Crippen LogP contribution in [0.4, 0.5) is 5.69 Å². The normalized spacial score (nSPS) is 13.9. The fourth-order valence-electron chi connectivity index (χ4n) is 4.00. The number of para-hydroxylation sites is 1. The Bertz CT molecular complexity index is 1510. The fraction of sp³-hybridized carbons (Fsp3) is 0.154. The second-order valence-corrected chi connectivity index (χ2v) is 10.2. The van der Waals surface area contributed by atoms with Gasteiger partial charge in [0.15, 0.2) is 6.61 Å². The number of hydrogen-bond acceptors (Lipinski definition) is 6. The van der Waals surface area contributed by atoms with Crippen molar-refractivity contribution in [3.05, 3.63) is 98.2 Å². The summed E-state index contributed by atoms with van der Waals surface area (Å²) in [6, 6.07) is 21.0. The second kappa shape index (κ2) is 10.2. The average Bonchev–Trinajstić information content (AvgIpc) is 2.87. The first-order valence-corrected chi connectivity index (χ1v) is 12.9. The maximum Gasteiger partial charge on any atom is 0.341 e. The van der Waals surface area contributed by atoms with Crippen molar-refractivity contribution in [1.29, 1.82) is 0 Å². The molecular formula is C26H22BrN4O4S+. The molecule has 0 aliphatic carbocycles. The minimum atomic E-state index is -1.08. The third-order valence-corrected chi connectivity index (χ3v) is 7.12. The Morgan fingerprint density at radius 3 is 2.72 bits per heavy atom. The van der Waals surface area contributed by atoms with Gasteiger partial charge in [0.1, 0.15) is 5.75 Å². The number of carbonyl (C=O) groups is 1. The van der Waals surface area contributed by atoms with Crippen molar-refractivity contribution < 1.29 is 19.3 Å². The van der Waals surface area contributed by atoms with Gasteiger partial charge in [-0.2, -0.15) is 0 Å². The van der Waals surface area contributed by atoms with Crippen molar-refractivity contribution in [3.63, 3.8) is 0 Å². The van der Waals surface area contributed by atoms with Crippen LogP contribution in [-0.4, -0.2) is 27.8 Å². The van der Waals surface area contributed by atoms with E-state index in [2.05, 4.69) is 50.5 Å². The quantitative estimate of drug-likeness (QED) is 0.223. The molecule has 10 heteroatoms. The zero-order chi connectivity index (χ0) is 25.2. The van der Waals surface area contributed by atoms with Crippen molar-refractivity contribution in [3.8, 4) is 17.0 Å². The smallest absolute Gasteiger partial charge is 0.341 e. The molecule has 2 heterocycles. The molecule has 8 nitrogen and oxygen atoms in total. The van der Waals surface area contributed by atoms with Gasteiger partial charge in [-0.3, -0.25) is 9.78 Å². The van der Waals surface area contributed by atoms with Crippen molar-refractivity contribution in [2.75, 3.05) is 11.9 Å². The number of aromatic nitrogens is 3. The second-order valence-electron chi connectivity index (χ2n) is 8.28. The molecule has 1 aliphatic heterocycles. The van der Waals surface area contributed by atoms with Crippen molar-refractivity contribution >= 4 is 39.3 Å². The highest BCUT2D eigenvalue weighted by Crippen LogP contribution is 2.36. The largest absolute Gasteiger partial charge is 0.481 e. The molecule has 0 fully saturated rings. The standard InChI is InChI=1S/C26H21BrN4O4S/c1-15-6-8-16(9-7-15)14-36-26-29-25(34)23-18-4-2-3-5-20(18)28-24(31(23)30-26)19-12-17(27)10-11-21(19)35-13-22(32)33/h2-12,24H,13-14H2,1H3,(H2,29,30,32,33,34)/p+1/t24-/m1/s1. The van der Waals surface area contributed by atoms with Gasteiger partial charge >= 0.3 is 17.2 Å². The maximum absolute atomic E-state index is 13.4. The summed E-state index contributed by atoms with van der Waals surface area (Å²) in [4.78, 5) is 27.5. The van der Waals surface area contributed by atoms with Gasteiger partial charge in [0, 0.05) is 15.3 Å². The van der Waals surface area contributed by atoms with E-state index in [-0.39, 0.29) is 5.56 Å². The first kappa shape index (κ1) is 24.1. The van der Waals surface area contributed by atoms with Gasteiger partial charge in [-0.05, 0) is 47.5 Å². The minimum Gasteiger partial charge on any atom is -0.481 e. The Morgan fingerprint density at radius 1 is 1.17 bits per heavy atom. The van der Waals surface area contributed by atoms with Crippen LogP contribution in [0, 0.1) is 6.92 Å². The van der Waals surface area contributed by atoms with Crippen molar-refractivity contribution in [1.82, 2.24) is 10.1 Å².